The van der Waals surface area contributed by atoms with Crippen molar-refractivity contribution in [3.8, 4) is 11.1 Å². The SMILES string of the molecule is CCCC(C)(C)C(=O)C1c2ccccc2-c2ccccc21. The van der Waals surface area contributed by atoms with E-state index in [1.807, 2.05) is 12.1 Å². The quantitative estimate of drug-likeness (QED) is 0.751. The van der Waals surface area contributed by atoms with Crippen LogP contribution in [0.15, 0.2) is 48.5 Å². The third-order valence-corrected chi connectivity index (χ3v) is 4.64. The summed E-state index contributed by atoms with van der Waals surface area (Å²) in [4.78, 5) is 13.2. The predicted molar refractivity (Wildman–Crippen MR) is 87.4 cm³/mol. The summed E-state index contributed by atoms with van der Waals surface area (Å²) in [6.45, 7) is 6.32. The van der Waals surface area contributed by atoms with Crippen LogP contribution in [-0.4, -0.2) is 5.78 Å². The van der Waals surface area contributed by atoms with Gasteiger partial charge in [-0.05, 0) is 28.7 Å². The number of Topliss-reactive ketones (excluding diaryl/α,β-unsaturated/α-hetero) is 1. The van der Waals surface area contributed by atoms with Crippen LogP contribution in [0.3, 0.4) is 0 Å². The van der Waals surface area contributed by atoms with E-state index < -0.39 is 0 Å². The van der Waals surface area contributed by atoms with E-state index in [-0.39, 0.29) is 11.3 Å². The van der Waals surface area contributed by atoms with Gasteiger partial charge in [0.1, 0.15) is 5.78 Å². The largest absolute Gasteiger partial charge is 0.298 e. The first-order valence-corrected chi connectivity index (χ1v) is 7.79. The minimum absolute atomic E-state index is 0.0982. The third kappa shape index (κ3) is 2.21. The van der Waals surface area contributed by atoms with Crippen molar-refractivity contribution in [2.24, 2.45) is 5.41 Å². The smallest absolute Gasteiger partial charge is 0.150 e. The highest BCUT2D eigenvalue weighted by Gasteiger charge is 2.39. The molecule has 0 unspecified atom stereocenters. The van der Waals surface area contributed by atoms with Gasteiger partial charge in [-0.25, -0.2) is 0 Å². The van der Waals surface area contributed by atoms with E-state index in [4.69, 9.17) is 0 Å². The van der Waals surface area contributed by atoms with Crippen molar-refractivity contribution in [1.29, 1.82) is 0 Å². The average molecular weight is 278 g/mol. The molecule has 1 heteroatoms. The Morgan fingerprint density at radius 3 is 1.90 bits per heavy atom. The molecule has 1 nitrogen and oxygen atoms in total. The summed E-state index contributed by atoms with van der Waals surface area (Å²) in [5.74, 6) is 0.251. The van der Waals surface area contributed by atoms with Crippen LogP contribution >= 0.6 is 0 Å². The lowest BCUT2D eigenvalue weighted by molar-refractivity contribution is -0.128. The van der Waals surface area contributed by atoms with Crippen molar-refractivity contribution >= 4 is 5.78 Å². The van der Waals surface area contributed by atoms with Gasteiger partial charge >= 0.3 is 0 Å². The summed E-state index contributed by atoms with van der Waals surface area (Å²) in [6.07, 6.45) is 1.97. The minimum atomic E-state index is -0.274. The summed E-state index contributed by atoms with van der Waals surface area (Å²) in [7, 11) is 0. The van der Waals surface area contributed by atoms with Crippen molar-refractivity contribution in [3.05, 3.63) is 59.7 Å². The van der Waals surface area contributed by atoms with Crippen molar-refractivity contribution in [2.75, 3.05) is 0 Å². The van der Waals surface area contributed by atoms with E-state index >= 15 is 0 Å². The lowest BCUT2D eigenvalue weighted by Gasteiger charge is -2.27. The molecule has 21 heavy (non-hydrogen) atoms. The second-order valence-electron chi connectivity index (χ2n) is 6.61. The van der Waals surface area contributed by atoms with Gasteiger partial charge in [-0.3, -0.25) is 4.79 Å². The highest BCUT2D eigenvalue weighted by molar-refractivity contribution is 6.00. The number of hydrogen-bond acceptors (Lipinski definition) is 1. The summed E-state index contributed by atoms with van der Waals surface area (Å²) in [6, 6.07) is 16.7. The van der Waals surface area contributed by atoms with Gasteiger partial charge in [0.15, 0.2) is 0 Å². The van der Waals surface area contributed by atoms with Crippen LogP contribution in [0, 0.1) is 5.41 Å². The molecule has 0 amide bonds. The Labute approximate surface area is 127 Å². The maximum Gasteiger partial charge on any atom is 0.150 e. The average Bonchev–Trinajstić information content (AvgIpc) is 2.81. The van der Waals surface area contributed by atoms with Gasteiger partial charge in [-0.1, -0.05) is 75.7 Å². The number of benzene rings is 2. The Morgan fingerprint density at radius 1 is 0.952 bits per heavy atom. The number of hydrogen-bond donors (Lipinski definition) is 0. The Morgan fingerprint density at radius 2 is 1.43 bits per heavy atom. The zero-order valence-electron chi connectivity index (χ0n) is 13.0. The highest BCUT2D eigenvalue weighted by Crippen LogP contribution is 2.47. The van der Waals surface area contributed by atoms with Crippen LogP contribution in [0.4, 0.5) is 0 Å². The molecule has 1 aliphatic rings. The molecule has 2 aromatic rings. The van der Waals surface area contributed by atoms with Crippen LogP contribution in [0.1, 0.15) is 50.7 Å². The minimum Gasteiger partial charge on any atom is -0.298 e. The molecule has 0 radical (unpaired) electrons. The number of rotatable bonds is 4. The molecule has 0 aromatic heterocycles. The second kappa shape index (κ2) is 5.14. The normalized spacial score (nSPS) is 13.9. The monoisotopic (exact) mass is 278 g/mol. The molecule has 0 heterocycles. The molecule has 3 rings (SSSR count). The topological polar surface area (TPSA) is 17.1 Å². The van der Waals surface area contributed by atoms with Gasteiger partial charge in [0.05, 0.1) is 5.92 Å². The lowest BCUT2D eigenvalue weighted by atomic mass is 9.75. The summed E-state index contributed by atoms with van der Waals surface area (Å²) in [5.41, 5.74) is 4.52. The van der Waals surface area contributed by atoms with Crippen LogP contribution in [0.2, 0.25) is 0 Å². The van der Waals surface area contributed by atoms with Gasteiger partial charge in [0, 0.05) is 5.41 Å². The molecule has 0 aliphatic heterocycles. The molecule has 0 saturated heterocycles. The fraction of sp³-hybridized carbons (Fsp3) is 0.350. The van der Waals surface area contributed by atoms with E-state index in [1.165, 1.54) is 22.3 Å². The third-order valence-electron chi connectivity index (χ3n) is 4.64. The molecule has 0 atom stereocenters. The fourth-order valence-corrected chi connectivity index (χ4v) is 3.58. The number of ketones is 1. The molecule has 0 spiro atoms. The maximum atomic E-state index is 13.2. The highest BCUT2D eigenvalue weighted by atomic mass is 16.1. The standard InChI is InChI=1S/C20H22O/c1-4-13-20(2,3)19(21)18-16-11-7-5-9-14(16)15-10-6-8-12-17(15)18/h5-12,18H,4,13H2,1-3H3. The molecule has 0 bridgehead atoms. The van der Waals surface area contributed by atoms with Gasteiger partial charge in [-0.15, -0.1) is 0 Å². The van der Waals surface area contributed by atoms with Crippen molar-refractivity contribution in [2.45, 2.75) is 39.5 Å². The number of fused-ring (bicyclic) bond motifs is 3. The second-order valence-corrected chi connectivity index (χ2v) is 6.61. The Hall–Kier alpha value is -1.89. The molecule has 0 N–H and O–H groups in total. The Bertz CT molecular complexity index is 636. The van der Waals surface area contributed by atoms with Crippen molar-refractivity contribution < 1.29 is 4.79 Å². The van der Waals surface area contributed by atoms with Crippen LogP contribution in [-0.2, 0) is 4.79 Å². The van der Waals surface area contributed by atoms with Gasteiger partial charge < -0.3 is 0 Å². The van der Waals surface area contributed by atoms with Crippen molar-refractivity contribution in [3.63, 3.8) is 0 Å². The van der Waals surface area contributed by atoms with E-state index in [2.05, 4.69) is 57.2 Å². The summed E-state index contributed by atoms with van der Waals surface area (Å²) >= 11 is 0. The van der Waals surface area contributed by atoms with Crippen LogP contribution < -0.4 is 0 Å². The first-order chi connectivity index (χ1) is 10.1. The summed E-state index contributed by atoms with van der Waals surface area (Å²) in [5, 5.41) is 0. The molecule has 0 fully saturated rings. The predicted octanol–water partition coefficient (Wildman–Crippen LogP) is 5.19. The van der Waals surface area contributed by atoms with E-state index in [0.717, 1.165) is 12.8 Å². The molecule has 0 saturated carbocycles. The van der Waals surface area contributed by atoms with Gasteiger partial charge in [-0.2, -0.15) is 0 Å². The zero-order valence-corrected chi connectivity index (χ0v) is 13.0. The molecular formula is C20H22O. The molecule has 108 valence electrons. The first kappa shape index (κ1) is 14.1. The number of carbonyl (C=O) groups is 1. The van der Waals surface area contributed by atoms with Crippen LogP contribution in [0.25, 0.3) is 11.1 Å². The molecule has 2 aromatic carbocycles. The van der Waals surface area contributed by atoms with E-state index in [1.54, 1.807) is 0 Å². The molecular weight excluding hydrogens is 256 g/mol. The lowest BCUT2D eigenvalue weighted by Crippen LogP contribution is -2.29. The zero-order chi connectivity index (χ0) is 15.0. The Balaban J connectivity index is 2.13. The Kier molecular flexibility index (Phi) is 3.44. The van der Waals surface area contributed by atoms with Gasteiger partial charge in [0.2, 0.25) is 0 Å². The first-order valence-electron chi connectivity index (χ1n) is 7.79. The molecule has 1 aliphatic carbocycles. The van der Waals surface area contributed by atoms with Crippen molar-refractivity contribution in [1.82, 2.24) is 0 Å². The number of carbonyl (C=O) groups excluding carboxylic acids is 1. The summed E-state index contributed by atoms with van der Waals surface area (Å²) < 4.78 is 0. The fourth-order valence-electron chi connectivity index (χ4n) is 3.58. The van der Waals surface area contributed by atoms with Crippen LogP contribution in [0.5, 0.6) is 0 Å². The van der Waals surface area contributed by atoms with E-state index in [0.29, 0.717) is 5.78 Å². The maximum absolute atomic E-state index is 13.2. The van der Waals surface area contributed by atoms with E-state index in [9.17, 15) is 4.79 Å². The van der Waals surface area contributed by atoms with Gasteiger partial charge in [0.25, 0.3) is 0 Å².